The minimum atomic E-state index is -0.0775. The van der Waals surface area contributed by atoms with Crippen LogP contribution in [0.4, 0.5) is 5.69 Å². The molecule has 0 aromatic heterocycles. The molecule has 2 aromatic carbocycles. The number of benzene rings is 2. The first-order valence-electron chi connectivity index (χ1n) is 7.95. The van der Waals surface area contributed by atoms with Crippen molar-refractivity contribution in [2.45, 2.75) is 25.8 Å². The van der Waals surface area contributed by atoms with E-state index in [2.05, 4.69) is 22.3 Å². The average Bonchev–Trinajstić information content (AvgIpc) is 3.10. The summed E-state index contributed by atoms with van der Waals surface area (Å²) in [6, 6.07) is 18.1. The number of hydrogen-bond acceptors (Lipinski definition) is 2. The molecule has 114 valence electrons. The van der Waals surface area contributed by atoms with Crippen molar-refractivity contribution in [3.05, 3.63) is 54.6 Å². The van der Waals surface area contributed by atoms with Crippen LogP contribution in [-0.2, 0) is 4.79 Å². The number of para-hydroxylation sites is 1. The van der Waals surface area contributed by atoms with Crippen LogP contribution >= 0.6 is 0 Å². The van der Waals surface area contributed by atoms with Gasteiger partial charge >= 0.3 is 0 Å². The topological polar surface area (TPSA) is 32.3 Å². The normalized spacial score (nSPS) is 16.4. The van der Waals surface area contributed by atoms with Crippen molar-refractivity contribution in [3.8, 4) is 11.1 Å². The van der Waals surface area contributed by atoms with E-state index < -0.39 is 0 Å². The molecular formula is C19H22N2O. The van der Waals surface area contributed by atoms with Crippen LogP contribution < -0.4 is 5.32 Å². The minimum Gasteiger partial charge on any atom is -0.324 e. The summed E-state index contributed by atoms with van der Waals surface area (Å²) in [6.45, 7) is 4.04. The first-order valence-corrected chi connectivity index (χ1v) is 7.95. The van der Waals surface area contributed by atoms with Gasteiger partial charge in [0.15, 0.2) is 0 Å². The smallest absolute Gasteiger partial charge is 0.241 e. The zero-order chi connectivity index (χ0) is 15.4. The lowest BCUT2D eigenvalue weighted by atomic mass is 10.0. The predicted octanol–water partition coefficient (Wildman–Crippen LogP) is 3.78. The molecule has 0 radical (unpaired) electrons. The second-order valence-corrected chi connectivity index (χ2v) is 5.82. The molecule has 1 fully saturated rings. The molecule has 0 aliphatic carbocycles. The van der Waals surface area contributed by atoms with E-state index in [1.807, 2.05) is 49.4 Å². The number of amides is 1. The number of nitrogens with one attached hydrogen (secondary N) is 1. The number of likely N-dealkylation sites (tertiary alicyclic amines) is 1. The van der Waals surface area contributed by atoms with Gasteiger partial charge in [0.2, 0.25) is 5.91 Å². The average molecular weight is 294 g/mol. The highest BCUT2D eigenvalue weighted by Crippen LogP contribution is 2.27. The summed E-state index contributed by atoms with van der Waals surface area (Å²) in [6.07, 6.45) is 2.39. The van der Waals surface area contributed by atoms with E-state index in [9.17, 15) is 4.79 Å². The Labute approximate surface area is 132 Å². The van der Waals surface area contributed by atoms with E-state index in [0.29, 0.717) is 0 Å². The summed E-state index contributed by atoms with van der Waals surface area (Å²) in [5.74, 6) is 0.0743. The summed E-state index contributed by atoms with van der Waals surface area (Å²) in [4.78, 5) is 14.8. The van der Waals surface area contributed by atoms with Gasteiger partial charge in [-0.1, -0.05) is 48.5 Å². The summed E-state index contributed by atoms with van der Waals surface area (Å²) in [5, 5.41) is 3.11. The lowest BCUT2D eigenvalue weighted by Gasteiger charge is -2.23. The van der Waals surface area contributed by atoms with Gasteiger partial charge in [0.25, 0.3) is 0 Å². The molecule has 1 atom stereocenters. The fraction of sp³-hybridized carbons (Fsp3) is 0.316. The SMILES string of the molecule is C[C@H](C(=O)Nc1ccccc1-c1ccccc1)N1CCCC1. The fourth-order valence-corrected chi connectivity index (χ4v) is 2.99. The second-order valence-electron chi connectivity index (χ2n) is 5.82. The number of carbonyl (C=O) groups is 1. The van der Waals surface area contributed by atoms with Crippen molar-refractivity contribution >= 4 is 11.6 Å². The molecule has 22 heavy (non-hydrogen) atoms. The van der Waals surface area contributed by atoms with Gasteiger partial charge in [-0.3, -0.25) is 9.69 Å². The van der Waals surface area contributed by atoms with Crippen molar-refractivity contribution in [1.29, 1.82) is 0 Å². The maximum atomic E-state index is 12.5. The standard InChI is InChI=1S/C19H22N2O/c1-15(21-13-7-8-14-21)19(22)20-18-12-6-5-11-17(18)16-9-3-2-4-10-16/h2-6,9-12,15H,7-8,13-14H2,1H3,(H,20,22)/t15-/m1/s1. The van der Waals surface area contributed by atoms with E-state index in [0.717, 1.165) is 29.9 Å². The molecule has 0 bridgehead atoms. The first kappa shape index (κ1) is 14.8. The molecule has 1 aliphatic heterocycles. The Morgan fingerprint density at radius 2 is 1.64 bits per heavy atom. The summed E-state index contributed by atoms with van der Waals surface area (Å²) in [7, 11) is 0. The van der Waals surface area contributed by atoms with Crippen LogP contribution in [-0.4, -0.2) is 29.9 Å². The van der Waals surface area contributed by atoms with Crippen LogP contribution in [0.15, 0.2) is 54.6 Å². The zero-order valence-corrected chi connectivity index (χ0v) is 13.0. The Hall–Kier alpha value is -2.13. The van der Waals surface area contributed by atoms with Gasteiger partial charge in [0.1, 0.15) is 0 Å². The van der Waals surface area contributed by atoms with Crippen LogP contribution in [0.5, 0.6) is 0 Å². The molecule has 3 heteroatoms. The summed E-state index contributed by atoms with van der Waals surface area (Å²) in [5.41, 5.74) is 3.06. The maximum Gasteiger partial charge on any atom is 0.241 e. The third-order valence-corrected chi connectivity index (χ3v) is 4.34. The minimum absolute atomic E-state index is 0.0743. The molecule has 0 saturated carbocycles. The van der Waals surface area contributed by atoms with Gasteiger partial charge in [-0.15, -0.1) is 0 Å². The Balaban J connectivity index is 1.79. The largest absolute Gasteiger partial charge is 0.324 e. The molecule has 2 aromatic rings. The molecule has 1 aliphatic rings. The number of hydrogen-bond donors (Lipinski definition) is 1. The monoisotopic (exact) mass is 294 g/mol. The van der Waals surface area contributed by atoms with Gasteiger partial charge in [-0.2, -0.15) is 0 Å². The summed E-state index contributed by atoms with van der Waals surface area (Å²) >= 11 is 0. The highest BCUT2D eigenvalue weighted by atomic mass is 16.2. The lowest BCUT2D eigenvalue weighted by Crippen LogP contribution is -2.40. The molecule has 1 amide bonds. The summed E-state index contributed by atoms with van der Waals surface area (Å²) < 4.78 is 0. The number of anilines is 1. The van der Waals surface area contributed by atoms with E-state index >= 15 is 0 Å². The van der Waals surface area contributed by atoms with Gasteiger partial charge in [0.05, 0.1) is 6.04 Å². The van der Waals surface area contributed by atoms with Gasteiger partial charge in [-0.25, -0.2) is 0 Å². The highest BCUT2D eigenvalue weighted by Gasteiger charge is 2.24. The van der Waals surface area contributed by atoms with Crippen molar-refractivity contribution in [3.63, 3.8) is 0 Å². The fourth-order valence-electron chi connectivity index (χ4n) is 2.99. The maximum absolute atomic E-state index is 12.5. The van der Waals surface area contributed by atoms with Crippen molar-refractivity contribution in [2.75, 3.05) is 18.4 Å². The Bertz CT molecular complexity index is 633. The predicted molar refractivity (Wildman–Crippen MR) is 90.8 cm³/mol. The van der Waals surface area contributed by atoms with E-state index in [1.54, 1.807) is 0 Å². The van der Waals surface area contributed by atoms with Gasteiger partial charge < -0.3 is 5.32 Å². The number of nitrogens with zero attached hydrogens (tertiary/aromatic N) is 1. The van der Waals surface area contributed by atoms with E-state index in [-0.39, 0.29) is 11.9 Å². The molecule has 1 N–H and O–H groups in total. The van der Waals surface area contributed by atoms with Crippen molar-refractivity contribution in [1.82, 2.24) is 4.90 Å². The number of rotatable bonds is 4. The quantitative estimate of drug-likeness (QED) is 0.931. The van der Waals surface area contributed by atoms with Crippen LogP contribution in [0.25, 0.3) is 11.1 Å². The molecule has 0 unspecified atom stereocenters. The Kier molecular flexibility index (Phi) is 4.54. The van der Waals surface area contributed by atoms with Crippen LogP contribution in [0.2, 0.25) is 0 Å². The third kappa shape index (κ3) is 3.20. The third-order valence-electron chi connectivity index (χ3n) is 4.34. The zero-order valence-electron chi connectivity index (χ0n) is 13.0. The van der Waals surface area contributed by atoms with Crippen LogP contribution in [0.1, 0.15) is 19.8 Å². The van der Waals surface area contributed by atoms with Crippen LogP contribution in [0.3, 0.4) is 0 Å². The first-order chi connectivity index (χ1) is 10.8. The second kappa shape index (κ2) is 6.75. The molecule has 1 heterocycles. The Morgan fingerprint density at radius 1 is 1.00 bits per heavy atom. The van der Waals surface area contributed by atoms with E-state index in [1.165, 1.54) is 12.8 Å². The Morgan fingerprint density at radius 3 is 2.36 bits per heavy atom. The molecule has 1 saturated heterocycles. The van der Waals surface area contributed by atoms with Crippen molar-refractivity contribution in [2.24, 2.45) is 0 Å². The van der Waals surface area contributed by atoms with Gasteiger partial charge in [0, 0.05) is 11.3 Å². The molecule has 0 spiro atoms. The molecule has 3 rings (SSSR count). The molecular weight excluding hydrogens is 272 g/mol. The van der Waals surface area contributed by atoms with Crippen molar-refractivity contribution < 1.29 is 4.79 Å². The highest BCUT2D eigenvalue weighted by molar-refractivity contribution is 5.98. The number of carbonyl (C=O) groups excluding carboxylic acids is 1. The van der Waals surface area contributed by atoms with E-state index in [4.69, 9.17) is 0 Å². The lowest BCUT2D eigenvalue weighted by molar-refractivity contribution is -0.120. The van der Waals surface area contributed by atoms with Crippen LogP contribution in [0, 0.1) is 0 Å². The molecule has 3 nitrogen and oxygen atoms in total. The van der Waals surface area contributed by atoms with Gasteiger partial charge in [-0.05, 0) is 44.5 Å².